The molecule has 0 radical (unpaired) electrons. The molecule has 0 amide bonds. The standard InChI is InChI=1S/C12H28N2O4/c1-3-12(7-13,8-16)11(14)4-10(17)6-18-9(2)5-15/h9-11,15-17H,3-8,13-14H2,1-2H3. The van der Waals surface area contributed by atoms with E-state index in [4.69, 9.17) is 21.3 Å². The first-order chi connectivity index (χ1) is 8.45. The Morgan fingerprint density at radius 1 is 1.33 bits per heavy atom. The predicted molar refractivity (Wildman–Crippen MR) is 70.0 cm³/mol. The normalized spacial score (nSPS) is 20.2. The number of rotatable bonds is 10. The molecule has 7 N–H and O–H groups in total. The van der Waals surface area contributed by atoms with Gasteiger partial charge in [0.1, 0.15) is 0 Å². The summed E-state index contributed by atoms with van der Waals surface area (Å²) in [5.74, 6) is 0. The molecule has 6 heteroatoms. The van der Waals surface area contributed by atoms with Crippen LogP contribution in [0.3, 0.4) is 0 Å². The molecule has 0 saturated carbocycles. The Morgan fingerprint density at radius 3 is 2.33 bits per heavy atom. The maximum Gasteiger partial charge on any atom is 0.0788 e. The molecule has 110 valence electrons. The second kappa shape index (κ2) is 8.79. The van der Waals surface area contributed by atoms with E-state index in [0.29, 0.717) is 12.8 Å². The highest BCUT2D eigenvalue weighted by Crippen LogP contribution is 2.26. The summed E-state index contributed by atoms with van der Waals surface area (Å²) in [6.45, 7) is 3.85. The van der Waals surface area contributed by atoms with Crippen molar-refractivity contribution < 1.29 is 20.1 Å². The van der Waals surface area contributed by atoms with E-state index in [1.165, 1.54) is 0 Å². The van der Waals surface area contributed by atoms with E-state index in [1.54, 1.807) is 6.92 Å². The Hall–Kier alpha value is -0.240. The highest BCUT2D eigenvalue weighted by atomic mass is 16.5. The largest absolute Gasteiger partial charge is 0.396 e. The van der Waals surface area contributed by atoms with E-state index in [0.717, 1.165) is 0 Å². The second-order valence-corrected chi connectivity index (χ2v) is 4.90. The molecular formula is C12H28N2O4. The van der Waals surface area contributed by atoms with Gasteiger partial charge >= 0.3 is 0 Å². The lowest BCUT2D eigenvalue weighted by molar-refractivity contribution is -0.0337. The van der Waals surface area contributed by atoms with E-state index in [-0.39, 0.29) is 38.5 Å². The quantitative estimate of drug-likeness (QED) is 0.338. The summed E-state index contributed by atoms with van der Waals surface area (Å²) < 4.78 is 5.22. The highest BCUT2D eigenvalue weighted by molar-refractivity contribution is 4.90. The molecule has 4 unspecified atom stereocenters. The molecular weight excluding hydrogens is 236 g/mol. The fraction of sp³-hybridized carbons (Fsp3) is 1.00. The number of hydrogen-bond donors (Lipinski definition) is 5. The molecule has 0 aromatic carbocycles. The first-order valence-corrected chi connectivity index (χ1v) is 6.42. The molecule has 4 atom stereocenters. The van der Waals surface area contributed by atoms with E-state index in [9.17, 15) is 10.2 Å². The monoisotopic (exact) mass is 264 g/mol. The van der Waals surface area contributed by atoms with Gasteiger partial charge in [0.15, 0.2) is 0 Å². The molecule has 0 saturated heterocycles. The van der Waals surface area contributed by atoms with Gasteiger partial charge in [-0.05, 0) is 19.8 Å². The van der Waals surface area contributed by atoms with Crippen LogP contribution in [0.1, 0.15) is 26.7 Å². The Bertz CT molecular complexity index is 204. The van der Waals surface area contributed by atoms with E-state index in [1.807, 2.05) is 6.92 Å². The predicted octanol–water partition coefficient (Wildman–Crippen LogP) is -1.19. The van der Waals surface area contributed by atoms with Gasteiger partial charge in [0.25, 0.3) is 0 Å². The van der Waals surface area contributed by atoms with Gasteiger partial charge in [0, 0.05) is 18.0 Å². The van der Waals surface area contributed by atoms with Crippen LogP contribution in [0, 0.1) is 5.41 Å². The lowest BCUT2D eigenvalue weighted by atomic mass is 9.76. The Balaban J connectivity index is 4.23. The molecule has 0 fully saturated rings. The zero-order chi connectivity index (χ0) is 14.2. The third kappa shape index (κ3) is 5.17. The molecule has 18 heavy (non-hydrogen) atoms. The van der Waals surface area contributed by atoms with Crippen molar-refractivity contribution in [3.05, 3.63) is 0 Å². The summed E-state index contributed by atoms with van der Waals surface area (Å²) in [6.07, 6.45) is -0.0666. The van der Waals surface area contributed by atoms with Crippen molar-refractivity contribution in [1.82, 2.24) is 0 Å². The fourth-order valence-corrected chi connectivity index (χ4v) is 1.79. The first-order valence-electron chi connectivity index (χ1n) is 6.42. The van der Waals surface area contributed by atoms with Crippen molar-refractivity contribution in [2.24, 2.45) is 16.9 Å². The van der Waals surface area contributed by atoms with Crippen molar-refractivity contribution in [3.63, 3.8) is 0 Å². The summed E-state index contributed by atoms with van der Waals surface area (Å²) in [7, 11) is 0. The van der Waals surface area contributed by atoms with Crippen LogP contribution in [-0.4, -0.2) is 59.9 Å². The molecule has 0 aromatic rings. The first kappa shape index (κ1) is 17.8. The maximum absolute atomic E-state index is 9.80. The SMILES string of the molecule is CCC(CN)(CO)C(N)CC(O)COC(C)CO. The minimum atomic E-state index is -0.724. The number of hydrogen-bond acceptors (Lipinski definition) is 6. The van der Waals surface area contributed by atoms with E-state index >= 15 is 0 Å². The number of aliphatic hydroxyl groups is 3. The van der Waals surface area contributed by atoms with Crippen molar-refractivity contribution in [2.45, 2.75) is 44.9 Å². The van der Waals surface area contributed by atoms with Crippen molar-refractivity contribution in [3.8, 4) is 0 Å². The second-order valence-electron chi connectivity index (χ2n) is 4.90. The zero-order valence-corrected chi connectivity index (χ0v) is 11.4. The Kier molecular flexibility index (Phi) is 8.67. The van der Waals surface area contributed by atoms with Crippen LogP contribution in [0.2, 0.25) is 0 Å². The summed E-state index contributed by atoms with van der Waals surface area (Å²) >= 11 is 0. The molecule has 0 aliphatic carbocycles. The third-order valence-electron chi connectivity index (χ3n) is 3.57. The van der Waals surface area contributed by atoms with E-state index < -0.39 is 11.5 Å². The molecule has 0 bridgehead atoms. The van der Waals surface area contributed by atoms with Gasteiger partial charge in [-0.15, -0.1) is 0 Å². The topological polar surface area (TPSA) is 122 Å². The van der Waals surface area contributed by atoms with Crippen molar-refractivity contribution in [2.75, 3.05) is 26.4 Å². The average Bonchev–Trinajstić information content (AvgIpc) is 2.38. The summed E-state index contributed by atoms with van der Waals surface area (Å²) in [6, 6.07) is -0.388. The minimum absolute atomic E-state index is 0.0862. The lowest BCUT2D eigenvalue weighted by Crippen LogP contribution is -2.51. The molecule has 0 spiro atoms. The molecule has 0 aromatic heterocycles. The summed E-state index contributed by atoms with van der Waals surface area (Å²) in [5, 5.41) is 28.0. The maximum atomic E-state index is 9.80. The summed E-state index contributed by atoms with van der Waals surface area (Å²) in [5.41, 5.74) is 11.1. The van der Waals surface area contributed by atoms with Crippen LogP contribution in [-0.2, 0) is 4.74 Å². The number of aliphatic hydroxyl groups excluding tert-OH is 3. The molecule has 0 aliphatic heterocycles. The van der Waals surface area contributed by atoms with Crippen LogP contribution in [0.5, 0.6) is 0 Å². The van der Waals surface area contributed by atoms with Crippen LogP contribution >= 0.6 is 0 Å². The zero-order valence-electron chi connectivity index (χ0n) is 11.4. The van der Waals surface area contributed by atoms with Gasteiger partial charge in [-0.3, -0.25) is 0 Å². The fourth-order valence-electron chi connectivity index (χ4n) is 1.79. The smallest absolute Gasteiger partial charge is 0.0788 e. The third-order valence-corrected chi connectivity index (χ3v) is 3.57. The van der Waals surface area contributed by atoms with Gasteiger partial charge in [-0.1, -0.05) is 6.92 Å². The van der Waals surface area contributed by atoms with Crippen molar-refractivity contribution in [1.29, 1.82) is 0 Å². The van der Waals surface area contributed by atoms with Gasteiger partial charge in [0.2, 0.25) is 0 Å². The minimum Gasteiger partial charge on any atom is -0.396 e. The van der Waals surface area contributed by atoms with Crippen LogP contribution in [0.15, 0.2) is 0 Å². The van der Waals surface area contributed by atoms with Gasteiger partial charge in [0.05, 0.1) is 32.0 Å². The van der Waals surface area contributed by atoms with Gasteiger partial charge in [-0.25, -0.2) is 0 Å². The summed E-state index contributed by atoms with van der Waals surface area (Å²) in [4.78, 5) is 0. The number of nitrogens with two attached hydrogens (primary N) is 2. The Morgan fingerprint density at radius 2 is 1.94 bits per heavy atom. The Labute approximate surface area is 109 Å². The van der Waals surface area contributed by atoms with Crippen LogP contribution in [0.25, 0.3) is 0 Å². The van der Waals surface area contributed by atoms with Crippen LogP contribution in [0.4, 0.5) is 0 Å². The molecule has 0 heterocycles. The highest BCUT2D eigenvalue weighted by Gasteiger charge is 2.34. The molecule has 6 nitrogen and oxygen atoms in total. The van der Waals surface area contributed by atoms with Gasteiger partial charge in [-0.2, -0.15) is 0 Å². The van der Waals surface area contributed by atoms with E-state index in [2.05, 4.69) is 0 Å². The number of ether oxygens (including phenoxy) is 1. The van der Waals surface area contributed by atoms with Gasteiger partial charge < -0.3 is 31.5 Å². The average molecular weight is 264 g/mol. The molecule has 0 rings (SSSR count). The molecule has 0 aliphatic rings. The van der Waals surface area contributed by atoms with Crippen LogP contribution < -0.4 is 11.5 Å². The lowest BCUT2D eigenvalue weighted by Gasteiger charge is -2.36. The van der Waals surface area contributed by atoms with Crippen molar-refractivity contribution >= 4 is 0 Å².